The minimum absolute atomic E-state index is 0.00583. The Morgan fingerprint density at radius 1 is 1.27 bits per heavy atom. The molecule has 0 atom stereocenters. The Kier molecular flexibility index (Phi) is 1.71. The van der Waals surface area contributed by atoms with E-state index in [-0.39, 0.29) is 5.56 Å². The summed E-state index contributed by atoms with van der Waals surface area (Å²) in [5.74, 6) is 0.414. The molecule has 5 nitrogen and oxygen atoms in total. The van der Waals surface area contributed by atoms with Gasteiger partial charge >= 0.3 is 0 Å². The van der Waals surface area contributed by atoms with Crippen LogP contribution in [0, 0.1) is 0 Å². The fourth-order valence-electron chi connectivity index (χ4n) is 1.97. The Bertz CT molecular complexity index is 540. The molecule has 0 amide bonds. The Morgan fingerprint density at radius 2 is 2.07 bits per heavy atom. The van der Waals surface area contributed by atoms with Crippen molar-refractivity contribution >= 4 is 0 Å². The van der Waals surface area contributed by atoms with Crippen molar-refractivity contribution < 1.29 is 0 Å². The highest BCUT2D eigenvalue weighted by Crippen LogP contribution is 2.16. The van der Waals surface area contributed by atoms with Gasteiger partial charge < -0.3 is 0 Å². The first kappa shape index (κ1) is 8.40. The smallest absolute Gasteiger partial charge is 0.277 e. The van der Waals surface area contributed by atoms with Crippen LogP contribution in [0.3, 0.4) is 0 Å². The number of nitrogens with zero attached hydrogens (tertiary/aromatic N) is 3. The third kappa shape index (κ3) is 1.20. The monoisotopic (exact) mass is 202 g/mol. The molecule has 3 rings (SSSR count). The molecule has 1 aliphatic carbocycles. The normalized spacial score (nSPS) is 14.1. The summed E-state index contributed by atoms with van der Waals surface area (Å²) in [7, 11) is 0. The first-order chi connectivity index (χ1) is 7.36. The molecular weight excluding hydrogens is 192 g/mol. The van der Waals surface area contributed by atoms with Crippen molar-refractivity contribution in [2.24, 2.45) is 0 Å². The highest BCUT2D eigenvalue weighted by atomic mass is 16.1. The number of hydrogen-bond acceptors (Lipinski definition) is 3. The lowest BCUT2D eigenvalue weighted by atomic mass is 10.3. The molecule has 5 heteroatoms. The van der Waals surface area contributed by atoms with E-state index < -0.39 is 0 Å². The summed E-state index contributed by atoms with van der Waals surface area (Å²) >= 11 is 0. The van der Waals surface area contributed by atoms with Crippen molar-refractivity contribution in [3.63, 3.8) is 0 Å². The van der Waals surface area contributed by atoms with Crippen LogP contribution in [-0.4, -0.2) is 19.7 Å². The molecule has 0 saturated carbocycles. The lowest BCUT2D eigenvalue weighted by molar-refractivity contribution is 0.741. The van der Waals surface area contributed by atoms with E-state index in [2.05, 4.69) is 15.1 Å². The summed E-state index contributed by atoms with van der Waals surface area (Å²) < 4.78 is 1.42. The molecule has 0 radical (unpaired) electrons. The molecule has 0 fully saturated rings. The molecule has 0 aromatic carbocycles. The molecule has 0 unspecified atom stereocenters. The third-order valence-electron chi connectivity index (χ3n) is 2.68. The average molecular weight is 202 g/mol. The van der Waals surface area contributed by atoms with Gasteiger partial charge in [-0.15, -0.1) is 0 Å². The van der Waals surface area contributed by atoms with Crippen LogP contribution in [0.4, 0.5) is 0 Å². The van der Waals surface area contributed by atoms with Crippen molar-refractivity contribution in [1.82, 2.24) is 19.7 Å². The van der Waals surface area contributed by atoms with Gasteiger partial charge in [-0.3, -0.25) is 9.89 Å². The lowest BCUT2D eigenvalue weighted by Crippen LogP contribution is -2.19. The van der Waals surface area contributed by atoms with Crippen molar-refractivity contribution in [3.8, 4) is 5.95 Å². The number of hydrogen-bond donors (Lipinski definition) is 1. The van der Waals surface area contributed by atoms with E-state index in [4.69, 9.17) is 0 Å². The number of rotatable bonds is 1. The van der Waals surface area contributed by atoms with Gasteiger partial charge in [-0.1, -0.05) is 0 Å². The van der Waals surface area contributed by atoms with Crippen LogP contribution in [-0.2, 0) is 12.8 Å². The number of aromatic nitrogens is 4. The second-order valence-corrected chi connectivity index (χ2v) is 3.61. The van der Waals surface area contributed by atoms with E-state index in [0.717, 1.165) is 30.5 Å². The zero-order valence-electron chi connectivity index (χ0n) is 8.10. The second-order valence-electron chi connectivity index (χ2n) is 3.61. The van der Waals surface area contributed by atoms with Gasteiger partial charge in [0.2, 0.25) is 0 Å². The highest BCUT2D eigenvalue weighted by Gasteiger charge is 2.20. The van der Waals surface area contributed by atoms with Crippen molar-refractivity contribution in [2.75, 3.05) is 0 Å². The maximum atomic E-state index is 11.9. The average Bonchev–Trinajstić information content (AvgIpc) is 2.83. The Morgan fingerprint density at radius 3 is 2.80 bits per heavy atom. The van der Waals surface area contributed by atoms with Gasteiger partial charge in [0, 0.05) is 23.7 Å². The van der Waals surface area contributed by atoms with Gasteiger partial charge in [-0.25, -0.2) is 9.97 Å². The summed E-state index contributed by atoms with van der Waals surface area (Å²) in [5, 5.41) is 3.06. The van der Waals surface area contributed by atoms with E-state index in [9.17, 15) is 4.79 Å². The van der Waals surface area contributed by atoms with Crippen LogP contribution in [0.25, 0.3) is 5.95 Å². The zero-order chi connectivity index (χ0) is 10.3. The van der Waals surface area contributed by atoms with Crippen molar-refractivity contribution in [3.05, 3.63) is 40.1 Å². The van der Waals surface area contributed by atoms with Gasteiger partial charge in [0.15, 0.2) is 0 Å². The lowest BCUT2D eigenvalue weighted by Gasteiger charge is -1.98. The largest absolute Gasteiger partial charge is 0.292 e. The molecule has 76 valence electrons. The molecule has 0 bridgehead atoms. The summed E-state index contributed by atoms with van der Waals surface area (Å²) in [6.45, 7) is 0. The van der Waals surface area contributed by atoms with Gasteiger partial charge in [-0.05, 0) is 25.3 Å². The number of aryl methyl sites for hydroxylation is 1. The number of aromatic amines is 1. The highest BCUT2D eigenvalue weighted by molar-refractivity contribution is 5.25. The Hall–Kier alpha value is -1.91. The summed E-state index contributed by atoms with van der Waals surface area (Å²) in [4.78, 5) is 20.0. The van der Waals surface area contributed by atoms with E-state index in [1.54, 1.807) is 18.5 Å². The fraction of sp³-hybridized carbons (Fsp3) is 0.300. The van der Waals surface area contributed by atoms with E-state index in [0.29, 0.717) is 5.95 Å². The van der Waals surface area contributed by atoms with E-state index >= 15 is 0 Å². The third-order valence-corrected chi connectivity index (χ3v) is 2.68. The first-order valence-electron chi connectivity index (χ1n) is 4.96. The van der Waals surface area contributed by atoms with Crippen LogP contribution >= 0.6 is 0 Å². The molecule has 0 spiro atoms. The minimum atomic E-state index is -0.00583. The Balaban J connectivity index is 2.19. The second kappa shape index (κ2) is 3.05. The van der Waals surface area contributed by atoms with E-state index in [1.807, 2.05) is 0 Å². The van der Waals surface area contributed by atoms with Gasteiger partial charge in [0.05, 0.1) is 0 Å². The molecule has 15 heavy (non-hydrogen) atoms. The van der Waals surface area contributed by atoms with Gasteiger partial charge in [0.1, 0.15) is 0 Å². The Labute approximate surface area is 85.8 Å². The summed E-state index contributed by atoms with van der Waals surface area (Å²) in [6.07, 6.45) is 6.13. The zero-order valence-corrected chi connectivity index (χ0v) is 8.10. The first-order valence-corrected chi connectivity index (χ1v) is 4.96. The summed E-state index contributed by atoms with van der Waals surface area (Å²) in [5.41, 5.74) is 1.92. The minimum Gasteiger partial charge on any atom is -0.292 e. The molecule has 2 aromatic heterocycles. The SMILES string of the molecule is O=c1c2c([nH]n1-c1ncccn1)CCC2. The van der Waals surface area contributed by atoms with Crippen LogP contribution < -0.4 is 5.56 Å². The predicted molar refractivity (Wildman–Crippen MR) is 54.0 cm³/mol. The maximum absolute atomic E-state index is 11.9. The van der Waals surface area contributed by atoms with Crippen LogP contribution in [0.5, 0.6) is 0 Å². The fourth-order valence-corrected chi connectivity index (χ4v) is 1.97. The predicted octanol–water partition coefficient (Wildman–Crippen LogP) is 0.444. The molecule has 2 heterocycles. The van der Waals surface area contributed by atoms with Crippen molar-refractivity contribution in [1.29, 1.82) is 0 Å². The molecular formula is C10H10N4O. The molecule has 1 N–H and O–H groups in total. The van der Waals surface area contributed by atoms with Crippen molar-refractivity contribution in [2.45, 2.75) is 19.3 Å². The van der Waals surface area contributed by atoms with Gasteiger partial charge in [0.25, 0.3) is 11.5 Å². The van der Waals surface area contributed by atoms with Crippen LogP contribution in [0.15, 0.2) is 23.3 Å². The molecule has 0 aliphatic heterocycles. The number of H-pyrrole nitrogens is 1. The number of nitrogens with one attached hydrogen (secondary N) is 1. The quantitative estimate of drug-likeness (QED) is 0.730. The molecule has 0 saturated heterocycles. The van der Waals surface area contributed by atoms with Crippen LogP contribution in [0.2, 0.25) is 0 Å². The van der Waals surface area contributed by atoms with E-state index in [1.165, 1.54) is 4.68 Å². The van der Waals surface area contributed by atoms with Gasteiger partial charge in [-0.2, -0.15) is 4.68 Å². The summed E-state index contributed by atoms with van der Waals surface area (Å²) in [6, 6.07) is 1.73. The number of fused-ring (bicyclic) bond motifs is 1. The van der Waals surface area contributed by atoms with Crippen LogP contribution in [0.1, 0.15) is 17.7 Å². The maximum Gasteiger partial charge on any atom is 0.277 e. The molecule has 1 aliphatic rings. The standard InChI is InChI=1S/C10H10N4O/c15-9-7-3-1-4-8(7)13-14(9)10-11-5-2-6-12-10/h2,5-6,13H,1,3-4H2. The topological polar surface area (TPSA) is 63.6 Å². The molecule has 2 aromatic rings.